The van der Waals surface area contributed by atoms with Gasteiger partial charge in [-0.3, -0.25) is 9.89 Å². The molecule has 2 aliphatic heterocycles. The molecule has 2 heterocycles. The van der Waals surface area contributed by atoms with Crippen LogP contribution in [-0.2, 0) is 9.47 Å². The molecule has 8 heteroatoms. The van der Waals surface area contributed by atoms with Gasteiger partial charge in [-0.05, 0) is 27.2 Å². The molecule has 2 rings (SSSR count). The number of nitrogens with two attached hydrogens (primary N) is 1. The maximum Gasteiger partial charge on any atom is 0.410 e. The zero-order valence-electron chi connectivity index (χ0n) is 15.9. The van der Waals surface area contributed by atoms with Crippen molar-refractivity contribution in [3.8, 4) is 0 Å². The third kappa shape index (κ3) is 7.07. The van der Waals surface area contributed by atoms with Gasteiger partial charge in [-0.2, -0.15) is 0 Å². The summed E-state index contributed by atoms with van der Waals surface area (Å²) in [4.78, 5) is 22.7. The molecule has 0 aromatic rings. The Labute approximate surface area is 150 Å². The average molecular weight is 355 g/mol. The molecule has 0 bridgehead atoms. The lowest BCUT2D eigenvalue weighted by molar-refractivity contribution is 0.0186. The van der Waals surface area contributed by atoms with Gasteiger partial charge < -0.3 is 25.0 Å². The Morgan fingerprint density at radius 3 is 2.28 bits per heavy atom. The van der Waals surface area contributed by atoms with E-state index in [0.29, 0.717) is 32.1 Å². The van der Waals surface area contributed by atoms with Crippen LogP contribution in [0.15, 0.2) is 4.99 Å². The number of ether oxygens (including phenoxy) is 2. The fraction of sp³-hybridized carbons (Fsp3) is 0.882. The second-order valence-corrected chi connectivity index (χ2v) is 7.50. The zero-order chi connectivity index (χ0) is 18.3. The van der Waals surface area contributed by atoms with E-state index in [-0.39, 0.29) is 6.09 Å². The highest BCUT2D eigenvalue weighted by atomic mass is 16.6. The third-order valence-electron chi connectivity index (χ3n) is 4.27. The second-order valence-electron chi connectivity index (χ2n) is 7.50. The lowest BCUT2D eigenvalue weighted by atomic mass is 10.2. The number of piperazine rings is 1. The van der Waals surface area contributed by atoms with E-state index < -0.39 is 5.60 Å². The standard InChI is InChI=1S/C17H33N5O3/c1-17(2,3)25-16(23)22-9-7-21(8-10-22)15(18)19-5-4-6-20-11-13-24-14-12-20/h4-14H2,1-3H3,(H2,18,19). The van der Waals surface area contributed by atoms with Gasteiger partial charge in [0.1, 0.15) is 5.60 Å². The number of hydrogen-bond donors (Lipinski definition) is 1. The normalized spacial score (nSPS) is 20.7. The molecule has 2 aliphatic rings. The van der Waals surface area contributed by atoms with Gasteiger partial charge in [-0.25, -0.2) is 4.79 Å². The number of aliphatic imine (C=N–C) groups is 1. The number of nitrogens with zero attached hydrogens (tertiary/aromatic N) is 4. The summed E-state index contributed by atoms with van der Waals surface area (Å²) in [7, 11) is 0. The van der Waals surface area contributed by atoms with E-state index in [1.807, 2.05) is 25.7 Å². The maximum atomic E-state index is 12.1. The van der Waals surface area contributed by atoms with Crippen LogP contribution in [0.5, 0.6) is 0 Å². The molecule has 0 radical (unpaired) electrons. The first-order valence-electron chi connectivity index (χ1n) is 9.18. The highest BCUT2D eigenvalue weighted by molar-refractivity contribution is 5.78. The Morgan fingerprint density at radius 2 is 1.68 bits per heavy atom. The highest BCUT2D eigenvalue weighted by Gasteiger charge is 2.26. The van der Waals surface area contributed by atoms with Gasteiger partial charge in [0.05, 0.1) is 13.2 Å². The molecule has 2 fully saturated rings. The Balaban J connectivity index is 1.66. The molecular formula is C17H33N5O3. The summed E-state index contributed by atoms with van der Waals surface area (Å²) in [6.07, 6.45) is 0.742. The quantitative estimate of drug-likeness (QED) is 0.451. The predicted molar refractivity (Wildman–Crippen MR) is 97.7 cm³/mol. The Morgan fingerprint density at radius 1 is 1.08 bits per heavy atom. The van der Waals surface area contributed by atoms with Crippen LogP contribution in [0.3, 0.4) is 0 Å². The van der Waals surface area contributed by atoms with Crippen molar-refractivity contribution in [3.05, 3.63) is 0 Å². The second kappa shape index (κ2) is 9.24. The minimum Gasteiger partial charge on any atom is -0.444 e. The van der Waals surface area contributed by atoms with Crippen molar-refractivity contribution < 1.29 is 14.3 Å². The van der Waals surface area contributed by atoms with Crippen LogP contribution in [0.2, 0.25) is 0 Å². The molecule has 2 N–H and O–H groups in total. The lowest BCUT2D eigenvalue weighted by Gasteiger charge is -2.36. The number of guanidine groups is 1. The molecule has 0 unspecified atom stereocenters. The molecule has 0 aromatic heterocycles. The minimum absolute atomic E-state index is 0.256. The summed E-state index contributed by atoms with van der Waals surface area (Å²) in [5.74, 6) is 0.575. The molecule has 25 heavy (non-hydrogen) atoms. The van der Waals surface area contributed by atoms with Crippen molar-refractivity contribution in [1.29, 1.82) is 0 Å². The zero-order valence-corrected chi connectivity index (χ0v) is 15.9. The van der Waals surface area contributed by atoms with Crippen LogP contribution in [0.1, 0.15) is 27.2 Å². The molecule has 0 aliphatic carbocycles. The summed E-state index contributed by atoms with van der Waals surface area (Å²) in [5, 5.41) is 0. The molecule has 0 saturated carbocycles. The van der Waals surface area contributed by atoms with Crippen LogP contribution in [-0.4, -0.2) is 97.9 Å². The minimum atomic E-state index is -0.463. The number of amides is 1. The van der Waals surface area contributed by atoms with Crippen LogP contribution in [0.4, 0.5) is 4.79 Å². The number of carbonyl (C=O) groups excluding carboxylic acids is 1. The Kier molecular flexibility index (Phi) is 7.31. The third-order valence-corrected chi connectivity index (χ3v) is 4.27. The van der Waals surface area contributed by atoms with Gasteiger partial charge in [0.15, 0.2) is 5.96 Å². The Bertz CT molecular complexity index is 450. The summed E-state index contributed by atoms with van der Waals surface area (Å²) in [6, 6.07) is 0. The van der Waals surface area contributed by atoms with Gasteiger partial charge in [0, 0.05) is 52.4 Å². The number of morpholine rings is 1. The molecule has 0 atom stereocenters. The van der Waals surface area contributed by atoms with Crippen molar-refractivity contribution in [1.82, 2.24) is 14.7 Å². The largest absolute Gasteiger partial charge is 0.444 e. The van der Waals surface area contributed by atoms with Crippen molar-refractivity contribution in [2.45, 2.75) is 32.8 Å². The van der Waals surface area contributed by atoms with E-state index in [2.05, 4.69) is 9.89 Å². The van der Waals surface area contributed by atoms with E-state index in [1.54, 1.807) is 4.90 Å². The molecule has 0 aromatic carbocycles. The molecule has 0 spiro atoms. The van der Waals surface area contributed by atoms with Crippen molar-refractivity contribution in [2.75, 3.05) is 65.6 Å². The summed E-state index contributed by atoms with van der Waals surface area (Å²) < 4.78 is 10.7. The van der Waals surface area contributed by atoms with Gasteiger partial charge in [-0.15, -0.1) is 0 Å². The first kappa shape index (κ1) is 19.8. The molecule has 2 saturated heterocycles. The average Bonchev–Trinajstić information content (AvgIpc) is 2.58. The van der Waals surface area contributed by atoms with Crippen LogP contribution in [0.25, 0.3) is 0 Å². The van der Waals surface area contributed by atoms with E-state index >= 15 is 0 Å². The van der Waals surface area contributed by atoms with Crippen molar-refractivity contribution in [2.24, 2.45) is 10.7 Å². The van der Waals surface area contributed by atoms with E-state index in [1.165, 1.54) is 0 Å². The molecular weight excluding hydrogens is 322 g/mol. The maximum absolute atomic E-state index is 12.1. The number of hydrogen-bond acceptors (Lipinski definition) is 5. The topological polar surface area (TPSA) is 83.6 Å². The van der Waals surface area contributed by atoms with Crippen molar-refractivity contribution >= 4 is 12.1 Å². The van der Waals surface area contributed by atoms with E-state index in [9.17, 15) is 4.79 Å². The molecule has 8 nitrogen and oxygen atoms in total. The van der Waals surface area contributed by atoms with Gasteiger partial charge in [-0.1, -0.05) is 0 Å². The first-order chi connectivity index (χ1) is 11.8. The van der Waals surface area contributed by atoms with Crippen molar-refractivity contribution in [3.63, 3.8) is 0 Å². The van der Waals surface area contributed by atoms with Crippen LogP contribution >= 0.6 is 0 Å². The van der Waals surface area contributed by atoms with Crippen LogP contribution in [0, 0.1) is 0 Å². The molecule has 144 valence electrons. The monoisotopic (exact) mass is 355 g/mol. The van der Waals surface area contributed by atoms with E-state index in [4.69, 9.17) is 15.2 Å². The van der Waals surface area contributed by atoms with E-state index in [0.717, 1.165) is 45.8 Å². The Hall–Kier alpha value is -1.54. The SMILES string of the molecule is CC(C)(C)OC(=O)N1CCN(C(N)=NCCCN2CCOCC2)CC1. The van der Waals surface area contributed by atoms with Gasteiger partial charge in [0.2, 0.25) is 0 Å². The number of rotatable bonds is 4. The van der Waals surface area contributed by atoms with Crippen LogP contribution < -0.4 is 5.73 Å². The smallest absolute Gasteiger partial charge is 0.410 e. The summed E-state index contributed by atoms with van der Waals surface area (Å²) in [6.45, 7) is 13.7. The highest BCUT2D eigenvalue weighted by Crippen LogP contribution is 2.11. The van der Waals surface area contributed by atoms with Gasteiger partial charge in [0.25, 0.3) is 0 Å². The van der Waals surface area contributed by atoms with Gasteiger partial charge >= 0.3 is 6.09 Å². The summed E-state index contributed by atoms with van der Waals surface area (Å²) in [5.41, 5.74) is 5.64. The summed E-state index contributed by atoms with van der Waals surface area (Å²) >= 11 is 0. The fourth-order valence-electron chi connectivity index (χ4n) is 2.86. The lowest BCUT2D eigenvalue weighted by Crippen LogP contribution is -2.53. The predicted octanol–water partition coefficient (Wildman–Crippen LogP) is 0.576. The number of carbonyl (C=O) groups is 1. The fourth-order valence-corrected chi connectivity index (χ4v) is 2.86. The molecule has 1 amide bonds. The first-order valence-corrected chi connectivity index (χ1v) is 9.18.